The smallest absolute Gasteiger partial charge is 0.269 e. The van der Waals surface area contributed by atoms with E-state index >= 15 is 0 Å². The number of benzene rings is 3. The molecule has 6 nitrogen and oxygen atoms in total. The lowest BCUT2D eigenvalue weighted by Crippen LogP contribution is -2.41. The van der Waals surface area contributed by atoms with Gasteiger partial charge in [0.25, 0.3) is 5.91 Å². The van der Waals surface area contributed by atoms with Gasteiger partial charge in [-0.1, -0.05) is 60.2 Å². The molecule has 6 heteroatoms. The first kappa shape index (κ1) is 21.8. The second-order valence-corrected chi connectivity index (χ2v) is 7.09. The van der Waals surface area contributed by atoms with Gasteiger partial charge >= 0.3 is 0 Å². The van der Waals surface area contributed by atoms with Gasteiger partial charge in [0.15, 0.2) is 5.78 Å². The zero-order valence-corrected chi connectivity index (χ0v) is 17.3. The van der Waals surface area contributed by atoms with Gasteiger partial charge in [0.05, 0.1) is 0 Å². The number of carbonyl (C=O) groups is 3. The molecule has 3 aromatic rings. The Morgan fingerprint density at radius 1 is 0.742 bits per heavy atom. The molecule has 0 aliphatic carbocycles. The molecule has 2 amide bonds. The van der Waals surface area contributed by atoms with Crippen molar-refractivity contribution in [3.8, 4) is 5.75 Å². The van der Waals surface area contributed by atoms with Crippen molar-refractivity contribution in [1.82, 2.24) is 10.9 Å². The Morgan fingerprint density at radius 3 is 2.06 bits per heavy atom. The van der Waals surface area contributed by atoms with Crippen LogP contribution in [0.2, 0.25) is 0 Å². The van der Waals surface area contributed by atoms with E-state index < -0.39 is 11.8 Å². The molecule has 31 heavy (non-hydrogen) atoms. The monoisotopic (exact) mass is 416 g/mol. The van der Waals surface area contributed by atoms with Crippen molar-refractivity contribution in [2.24, 2.45) is 0 Å². The van der Waals surface area contributed by atoms with E-state index in [4.69, 9.17) is 4.74 Å². The summed E-state index contributed by atoms with van der Waals surface area (Å²) in [4.78, 5) is 36.3. The van der Waals surface area contributed by atoms with Crippen molar-refractivity contribution in [3.05, 3.63) is 101 Å². The molecule has 3 rings (SSSR count). The standard InChI is InChI=1S/C25H24N2O4/c1-18-7-11-20(12-8-18)23(28)15-16-24(29)26-27-25(30)21-13-9-19(10-14-21)17-31-22-5-3-2-4-6-22/h2-14H,15-17H2,1H3,(H,26,29)(H,27,30). The van der Waals surface area contributed by atoms with E-state index in [0.29, 0.717) is 17.7 Å². The quantitative estimate of drug-likeness (QED) is 0.429. The van der Waals surface area contributed by atoms with E-state index in [2.05, 4.69) is 10.9 Å². The average Bonchev–Trinajstić information content (AvgIpc) is 2.81. The third kappa shape index (κ3) is 6.82. The van der Waals surface area contributed by atoms with Crippen LogP contribution in [-0.4, -0.2) is 17.6 Å². The number of carbonyl (C=O) groups excluding carboxylic acids is 3. The largest absolute Gasteiger partial charge is 0.489 e. The van der Waals surface area contributed by atoms with Crippen molar-refractivity contribution in [2.75, 3.05) is 0 Å². The first-order valence-electron chi connectivity index (χ1n) is 9.97. The number of hydrogen-bond donors (Lipinski definition) is 2. The van der Waals surface area contributed by atoms with E-state index in [1.165, 1.54) is 0 Å². The summed E-state index contributed by atoms with van der Waals surface area (Å²) in [6.45, 7) is 2.33. The number of para-hydroxylation sites is 1. The lowest BCUT2D eigenvalue weighted by atomic mass is 10.1. The minimum Gasteiger partial charge on any atom is -0.489 e. The van der Waals surface area contributed by atoms with Crippen LogP contribution in [-0.2, 0) is 11.4 Å². The fourth-order valence-electron chi connectivity index (χ4n) is 2.81. The van der Waals surface area contributed by atoms with Gasteiger partial charge in [-0.3, -0.25) is 25.2 Å². The first-order valence-corrected chi connectivity index (χ1v) is 9.97. The van der Waals surface area contributed by atoms with E-state index in [1.54, 1.807) is 36.4 Å². The number of nitrogens with one attached hydrogen (secondary N) is 2. The molecule has 0 heterocycles. The summed E-state index contributed by atoms with van der Waals surface area (Å²) in [5.74, 6) is -0.210. The molecular formula is C25H24N2O4. The number of ether oxygens (including phenoxy) is 1. The van der Waals surface area contributed by atoms with Crippen molar-refractivity contribution in [2.45, 2.75) is 26.4 Å². The molecule has 0 fully saturated rings. The normalized spacial score (nSPS) is 10.2. The number of hydrogen-bond acceptors (Lipinski definition) is 4. The third-order valence-electron chi connectivity index (χ3n) is 4.63. The Bertz CT molecular complexity index is 1030. The van der Waals surface area contributed by atoms with Crippen LogP contribution in [0.25, 0.3) is 0 Å². The van der Waals surface area contributed by atoms with E-state index in [9.17, 15) is 14.4 Å². The number of Topliss-reactive ketones (excluding diaryl/α,β-unsaturated/α-hetero) is 1. The Kier molecular flexibility index (Phi) is 7.54. The molecule has 0 unspecified atom stereocenters. The van der Waals surface area contributed by atoms with Crippen LogP contribution in [0.15, 0.2) is 78.9 Å². The molecule has 158 valence electrons. The number of hydrazine groups is 1. The minimum atomic E-state index is -0.436. The topological polar surface area (TPSA) is 84.5 Å². The highest BCUT2D eigenvalue weighted by molar-refractivity contribution is 5.98. The zero-order chi connectivity index (χ0) is 22.1. The van der Waals surface area contributed by atoms with Gasteiger partial charge in [0.1, 0.15) is 12.4 Å². The van der Waals surface area contributed by atoms with Crippen molar-refractivity contribution in [1.29, 1.82) is 0 Å². The molecule has 0 saturated heterocycles. The van der Waals surface area contributed by atoms with Crippen LogP contribution in [0.4, 0.5) is 0 Å². The molecule has 0 aliphatic rings. The fraction of sp³-hybridized carbons (Fsp3) is 0.160. The summed E-state index contributed by atoms with van der Waals surface area (Å²) >= 11 is 0. The molecule has 0 spiro atoms. The second-order valence-electron chi connectivity index (χ2n) is 7.09. The summed E-state index contributed by atoms with van der Waals surface area (Å²) in [5.41, 5.74) is 7.66. The predicted molar refractivity (Wildman–Crippen MR) is 118 cm³/mol. The van der Waals surface area contributed by atoms with Gasteiger partial charge in [0.2, 0.25) is 5.91 Å². The SMILES string of the molecule is Cc1ccc(C(=O)CCC(=O)NNC(=O)c2ccc(COc3ccccc3)cc2)cc1. The number of ketones is 1. The zero-order valence-electron chi connectivity index (χ0n) is 17.3. The van der Waals surface area contributed by atoms with Crippen LogP contribution in [0.1, 0.15) is 44.7 Å². The maximum absolute atomic E-state index is 12.2. The summed E-state index contributed by atoms with van der Waals surface area (Å²) in [6, 6.07) is 23.6. The molecule has 0 radical (unpaired) electrons. The molecular weight excluding hydrogens is 392 g/mol. The maximum Gasteiger partial charge on any atom is 0.269 e. The highest BCUT2D eigenvalue weighted by atomic mass is 16.5. The highest BCUT2D eigenvalue weighted by Crippen LogP contribution is 2.12. The van der Waals surface area contributed by atoms with Gasteiger partial charge in [-0.2, -0.15) is 0 Å². The van der Waals surface area contributed by atoms with E-state index in [1.807, 2.05) is 49.4 Å². The summed E-state index contributed by atoms with van der Waals surface area (Å²) < 4.78 is 5.67. The molecule has 3 aromatic carbocycles. The van der Waals surface area contributed by atoms with Gasteiger partial charge in [-0.15, -0.1) is 0 Å². The van der Waals surface area contributed by atoms with Crippen LogP contribution < -0.4 is 15.6 Å². The summed E-state index contributed by atoms with van der Waals surface area (Å²) in [6.07, 6.45) is 0.0592. The molecule has 2 N–H and O–H groups in total. The number of aryl methyl sites for hydroxylation is 1. The molecule has 0 aliphatic heterocycles. The lowest BCUT2D eigenvalue weighted by Gasteiger charge is -2.09. The van der Waals surface area contributed by atoms with Gasteiger partial charge in [-0.25, -0.2) is 0 Å². The molecule has 0 saturated carbocycles. The molecule has 0 aromatic heterocycles. The minimum absolute atomic E-state index is 0.0112. The van der Waals surface area contributed by atoms with E-state index in [-0.39, 0.29) is 18.6 Å². The van der Waals surface area contributed by atoms with Crippen LogP contribution in [0.5, 0.6) is 5.75 Å². The Hall–Kier alpha value is -3.93. The summed E-state index contributed by atoms with van der Waals surface area (Å²) in [5, 5.41) is 0. The molecule has 0 atom stereocenters. The summed E-state index contributed by atoms with van der Waals surface area (Å²) in [7, 11) is 0. The van der Waals surface area contributed by atoms with Gasteiger partial charge < -0.3 is 4.74 Å². The van der Waals surface area contributed by atoms with Crippen LogP contribution in [0, 0.1) is 6.92 Å². The second kappa shape index (κ2) is 10.7. The maximum atomic E-state index is 12.2. The van der Waals surface area contributed by atoms with Crippen LogP contribution in [0.3, 0.4) is 0 Å². The van der Waals surface area contributed by atoms with E-state index in [0.717, 1.165) is 16.9 Å². The lowest BCUT2D eigenvalue weighted by molar-refractivity contribution is -0.121. The van der Waals surface area contributed by atoms with Crippen LogP contribution >= 0.6 is 0 Å². The Labute approximate surface area is 181 Å². The predicted octanol–water partition coefficient (Wildman–Crippen LogP) is 4.00. The van der Waals surface area contributed by atoms with Gasteiger partial charge in [-0.05, 0) is 36.8 Å². The fourth-order valence-corrected chi connectivity index (χ4v) is 2.81. The third-order valence-corrected chi connectivity index (χ3v) is 4.63. The van der Waals surface area contributed by atoms with Gasteiger partial charge in [0, 0.05) is 24.0 Å². The van der Waals surface area contributed by atoms with Crippen molar-refractivity contribution >= 4 is 17.6 Å². The molecule has 0 bridgehead atoms. The highest BCUT2D eigenvalue weighted by Gasteiger charge is 2.11. The Morgan fingerprint density at radius 2 is 1.39 bits per heavy atom. The number of rotatable bonds is 8. The number of amides is 2. The Balaban J connectivity index is 1.40. The average molecular weight is 416 g/mol. The van der Waals surface area contributed by atoms with Crippen molar-refractivity contribution in [3.63, 3.8) is 0 Å². The van der Waals surface area contributed by atoms with Crippen molar-refractivity contribution < 1.29 is 19.1 Å². The first-order chi connectivity index (χ1) is 15.0.